The molecule has 0 unspecified atom stereocenters. The fraction of sp³-hybridized carbons (Fsp3) is 0.545. The Morgan fingerprint density at radius 2 is 2.12 bits per heavy atom. The molecule has 88 valence electrons. The van der Waals surface area contributed by atoms with Crippen molar-refractivity contribution >= 4 is 17.2 Å². The van der Waals surface area contributed by atoms with Crippen molar-refractivity contribution in [1.29, 1.82) is 0 Å². The van der Waals surface area contributed by atoms with E-state index in [-0.39, 0.29) is 4.99 Å². The number of unbranched alkanes of at least 4 members (excludes halogenated alkanes) is 3. The molecule has 0 aromatic carbocycles. The fourth-order valence-corrected chi connectivity index (χ4v) is 1.33. The largest absolute Gasteiger partial charge is 0.477 e. The molecular weight excluding hydrogens is 222 g/mol. The highest BCUT2D eigenvalue weighted by Gasteiger charge is 2.00. The van der Waals surface area contributed by atoms with Crippen LogP contribution < -0.4 is 10.5 Å². The molecule has 0 radical (unpaired) electrons. The average Bonchev–Trinajstić information content (AvgIpc) is 2.29. The molecule has 1 rings (SSSR count). The number of rotatable bonds is 7. The highest BCUT2D eigenvalue weighted by Crippen LogP contribution is 2.06. The lowest BCUT2D eigenvalue weighted by Gasteiger charge is -2.04. The van der Waals surface area contributed by atoms with Gasteiger partial charge < -0.3 is 10.5 Å². The number of nitrogens with two attached hydrogens (primary N) is 1. The van der Waals surface area contributed by atoms with Gasteiger partial charge in [0.1, 0.15) is 10.7 Å². The van der Waals surface area contributed by atoms with Crippen LogP contribution in [0.2, 0.25) is 0 Å². The van der Waals surface area contributed by atoms with Crippen LogP contribution in [0.4, 0.5) is 0 Å². The molecule has 4 nitrogen and oxygen atoms in total. The van der Waals surface area contributed by atoms with Gasteiger partial charge >= 0.3 is 0 Å². The van der Waals surface area contributed by atoms with Crippen LogP contribution in [0, 0.1) is 0 Å². The Hall–Kier alpha value is -1.23. The van der Waals surface area contributed by atoms with Gasteiger partial charge in [-0.3, -0.25) is 0 Å². The van der Waals surface area contributed by atoms with Crippen molar-refractivity contribution in [2.75, 3.05) is 6.61 Å². The van der Waals surface area contributed by atoms with Crippen LogP contribution in [0.3, 0.4) is 0 Å². The number of ether oxygens (including phenoxy) is 1. The van der Waals surface area contributed by atoms with Gasteiger partial charge in [0, 0.05) is 0 Å². The van der Waals surface area contributed by atoms with E-state index in [1.54, 1.807) is 6.20 Å². The van der Waals surface area contributed by atoms with E-state index in [0.717, 1.165) is 6.42 Å². The highest BCUT2D eigenvalue weighted by atomic mass is 32.1. The van der Waals surface area contributed by atoms with E-state index < -0.39 is 0 Å². The summed E-state index contributed by atoms with van der Waals surface area (Å²) in [5.74, 6) is 0.525. The number of hydrogen-bond donors (Lipinski definition) is 1. The van der Waals surface area contributed by atoms with Crippen LogP contribution >= 0.6 is 12.2 Å². The zero-order chi connectivity index (χ0) is 11.8. The molecular formula is C11H17N3OS. The molecule has 0 fully saturated rings. The summed E-state index contributed by atoms with van der Waals surface area (Å²) in [7, 11) is 0. The summed E-state index contributed by atoms with van der Waals surface area (Å²) in [5, 5.41) is 0. The molecule has 1 aromatic rings. The molecule has 0 atom stereocenters. The van der Waals surface area contributed by atoms with Crippen LogP contribution in [0.25, 0.3) is 0 Å². The number of hydrogen-bond acceptors (Lipinski definition) is 4. The van der Waals surface area contributed by atoms with Crippen LogP contribution in [0.15, 0.2) is 12.4 Å². The zero-order valence-electron chi connectivity index (χ0n) is 9.48. The summed E-state index contributed by atoms with van der Waals surface area (Å²) >= 11 is 4.78. The predicted molar refractivity (Wildman–Crippen MR) is 67.6 cm³/mol. The standard InChI is InChI=1S/C11H17N3OS/c1-2-3-4-5-6-15-10-8-13-9(7-14-10)11(12)16/h7-8H,2-6H2,1H3,(H2,12,16). The first-order valence-corrected chi connectivity index (χ1v) is 5.89. The van der Waals surface area contributed by atoms with Crippen LogP contribution in [0.5, 0.6) is 5.88 Å². The van der Waals surface area contributed by atoms with Crippen molar-refractivity contribution in [3.63, 3.8) is 0 Å². The van der Waals surface area contributed by atoms with Gasteiger partial charge in [-0.1, -0.05) is 38.4 Å². The molecule has 1 aromatic heterocycles. The van der Waals surface area contributed by atoms with Crippen molar-refractivity contribution in [1.82, 2.24) is 9.97 Å². The van der Waals surface area contributed by atoms with Gasteiger partial charge in [0.05, 0.1) is 19.0 Å². The first kappa shape index (κ1) is 12.8. The topological polar surface area (TPSA) is 61.0 Å². The molecule has 1 heterocycles. The minimum absolute atomic E-state index is 0.252. The van der Waals surface area contributed by atoms with Crippen molar-refractivity contribution in [2.45, 2.75) is 32.6 Å². The third-order valence-electron chi connectivity index (χ3n) is 2.13. The number of nitrogens with zero attached hydrogens (tertiary/aromatic N) is 2. The van der Waals surface area contributed by atoms with E-state index in [9.17, 15) is 0 Å². The molecule has 0 spiro atoms. The Bertz CT molecular complexity index is 327. The third kappa shape index (κ3) is 4.53. The number of aromatic nitrogens is 2. The first-order chi connectivity index (χ1) is 7.74. The molecule has 0 bridgehead atoms. The zero-order valence-corrected chi connectivity index (χ0v) is 10.3. The molecule has 0 amide bonds. The lowest BCUT2D eigenvalue weighted by atomic mass is 10.2. The molecule has 0 aliphatic heterocycles. The van der Waals surface area contributed by atoms with E-state index >= 15 is 0 Å². The quantitative estimate of drug-likeness (QED) is 0.583. The van der Waals surface area contributed by atoms with Gasteiger partial charge in [0.15, 0.2) is 0 Å². The molecule has 0 saturated carbocycles. The Kier molecular flexibility index (Phi) is 5.71. The third-order valence-corrected chi connectivity index (χ3v) is 2.34. The van der Waals surface area contributed by atoms with Gasteiger partial charge in [-0.05, 0) is 6.42 Å². The first-order valence-electron chi connectivity index (χ1n) is 5.48. The van der Waals surface area contributed by atoms with E-state index in [4.69, 9.17) is 22.7 Å². The summed E-state index contributed by atoms with van der Waals surface area (Å²) in [4.78, 5) is 8.36. The normalized spacial score (nSPS) is 10.1. The smallest absolute Gasteiger partial charge is 0.232 e. The maximum Gasteiger partial charge on any atom is 0.232 e. The van der Waals surface area contributed by atoms with E-state index in [2.05, 4.69) is 16.9 Å². The molecule has 0 aliphatic carbocycles. The monoisotopic (exact) mass is 239 g/mol. The van der Waals surface area contributed by atoms with Crippen molar-refractivity contribution in [3.8, 4) is 5.88 Å². The summed E-state index contributed by atoms with van der Waals surface area (Å²) in [6, 6.07) is 0. The molecule has 0 saturated heterocycles. The second-order valence-electron chi connectivity index (χ2n) is 3.51. The van der Waals surface area contributed by atoms with Crippen LogP contribution in [-0.2, 0) is 0 Å². The molecule has 16 heavy (non-hydrogen) atoms. The Labute approximate surface area is 101 Å². The highest BCUT2D eigenvalue weighted by molar-refractivity contribution is 7.80. The summed E-state index contributed by atoms with van der Waals surface area (Å²) in [6.07, 6.45) is 7.79. The predicted octanol–water partition coefficient (Wildman–Crippen LogP) is 2.07. The van der Waals surface area contributed by atoms with Gasteiger partial charge in [0.2, 0.25) is 5.88 Å². The maximum atomic E-state index is 5.43. The van der Waals surface area contributed by atoms with Gasteiger partial charge in [-0.25, -0.2) is 9.97 Å². The molecule has 2 N–H and O–H groups in total. The van der Waals surface area contributed by atoms with Gasteiger partial charge in [0.25, 0.3) is 0 Å². The van der Waals surface area contributed by atoms with Crippen LogP contribution in [0.1, 0.15) is 38.3 Å². The van der Waals surface area contributed by atoms with Gasteiger partial charge in [-0.2, -0.15) is 0 Å². The fourth-order valence-electron chi connectivity index (χ4n) is 1.22. The average molecular weight is 239 g/mol. The second-order valence-corrected chi connectivity index (χ2v) is 3.95. The van der Waals surface area contributed by atoms with E-state index in [1.165, 1.54) is 25.5 Å². The minimum atomic E-state index is 0.252. The maximum absolute atomic E-state index is 5.43. The van der Waals surface area contributed by atoms with E-state index in [0.29, 0.717) is 18.2 Å². The SMILES string of the molecule is CCCCCCOc1cnc(C(N)=S)cn1. The van der Waals surface area contributed by atoms with Crippen molar-refractivity contribution in [3.05, 3.63) is 18.1 Å². The second kappa shape index (κ2) is 7.11. The summed E-state index contributed by atoms with van der Waals surface area (Å²) < 4.78 is 5.43. The van der Waals surface area contributed by atoms with Crippen molar-refractivity contribution < 1.29 is 4.74 Å². The lowest BCUT2D eigenvalue weighted by Crippen LogP contribution is -2.12. The van der Waals surface area contributed by atoms with Gasteiger partial charge in [-0.15, -0.1) is 0 Å². The van der Waals surface area contributed by atoms with E-state index in [1.807, 2.05) is 0 Å². The Balaban J connectivity index is 2.29. The minimum Gasteiger partial charge on any atom is -0.477 e. The summed E-state index contributed by atoms with van der Waals surface area (Å²) in [5.41, 5.74) is 5.93. The molecule has 5 heteroatoms. The van der Waals surface area contributed by atoms with Crippen molar-refractivity contribution in [2.24, 2.45) is 5.73 Å². The summed E-state index contributed by atoms with van der Waals surface area (Å²) in [6.45, 7) is 2.86. The lowest BCUT2D eigenvalue weighted by molar-refractivity contribution is 0.292. The Morgan fingerprint density at radius 3 is 2.69 bits per heavy atom. The number of thiocarbonyl (C=S) groups is 1. The molecule has 0 aliphatic rings. The Morgan fingerprint density at radius 1 is 1.31 bits per heavy atom. The van der Waals surface area contributed by atoms with Crippen LogP contribution in [-0.4, -0.2) is 21.6 Å².